The van der Waals surface area contributed by atoms with Crippen LogP contribution in [0.25, 0.3) is 133 Å². The first-order chi connectivity index (χ1) is 48.4. The van der Waals surface area contributed by atoms with Crippen LogP contribution in [0.1, 0.15) is 110 Å². The highest BCUT2D eigenvalue weighted by atomic mass is 16.3. The average molecular weight is 1260 g/mol. The molecule has 0 aliphatic heterocycles. The monoisotopic (exact) mass is 1260 g/mol. The largest absolute Gasteiger partial charge is 0.455 e. The highest BCUT2D eigenvalue weighted by Gasteiger charge is 2.27. The second-order valence-electron chi connectivity index (χ2n) is 26.0. The first-order valence-corrected chi connectivity index (χ1v) is 32.5. The topological polar surface area (TPSA) is 68.1 Å². The zero-order chi connectivity index (χ0) is 72.8. The van der Waals surface area contributed by atoms with Gasteiger partial charge in [-0.2, -0.15) is 0 Å². The summed E-state index contributed by atoms with van der Waals surface area (Å²) in [7, 11) is 7.99. The smallest absolute Gasteiger partial charge is 0.216 e. The lowest BCUT2D eigenvalue weighted by atomic mass is 9.95. The summed E-state index contributed by atoms with van der Waals surface area (Å²) in [5, 5.41) is 9.06. The Kier molecular flexibility index (Phi) is 14.8. The van der Waals surface area contributed by atoms with Gasteiger partial charge in [0.1, 0.15) is 72.9 Å². The van der Waals surface area contributed by atoms with Crippen LogP contribution >= 0.6 is 0 Å². The van der Waals surface area contributed by atoms with Crippen molar-refractivity contribution in [1.29, 1.82) is 0 Å². The second kappa shape index (κ2) is 25.5. The van der Waals surface area contributed by atoms with Crippen LogP contribution in [0.15, 0.2) is 218 Å². The van der Waals surface area contributed by atoms with E-state index in [9.17, 15) is 0 Å². The highest BCUT2D eigenvalue weighted by Crippen LogP contribution is 2.43. The van der Waals surface area contributed by atoms with Crippen LogP contribution in [0.5, 0.6) is 0 Å². The molecule has 0 aliphatic rings. The maximum atomic E-state index is 8.46. The van der Waals surface area contributed by atoms with Crippen LogP contribution in [0, 0.1) is 62.2 Å². The Morgan fingerprint density at radius 3 is 1.22 bits per heavy atom. The summed E-state index contributed by atoms with van der Waals surface area (Å²) >= 11 is 0. The molecule has 1 unspecified atom stereocenters. The minimum atomic E-state index is -2.43. The van der Waals surface area contributed by atoms with E-state index in [0.29, 0.717) is 17.0 Å². The molecule has 0 saturated heterocycles. The zero-order valence-corrected chi connectivity index (χ0v) is 57.1. The first-order valence-electron chi connectivity index (χ1n) is 36.0. The SMILES string of the molecule is Cc1cc(-c2c(C)cc(C)c3c2oc2ccccc23)[n+](C)cc1C.Cc1cc(C)c2c(oc3ccccc32)c1-c1cc(C(C)C)cc[n+]1C.[2H]C([2H])([2H])C([2H])(C)c1cc[n+](C)c(-c2c(C)ccc3c2oc2ccccc23)c1.[2H]C([2H])([2H])c1ccc(-c2c(C)ccc3c2oc2ccccc23)[n+](C)c1. The lowest BCUT2D eigenvalue weighted by Crippen LogP contribution is -2.31. The standard InChI is InChI=1S/C23H24NO.2C22H22NO.C20H18NO/c1-14(2)17-10-11-24(5)19(13-17)22-16(4)12-15(3)21-18-8-6-7-9-20(18)25-23(21)22;1-13-11-18(23(5)12-16(13)4)21-15(3)10-14(2)20-17-8-6-7-9-19(17)24-22(20)21;1-14(2)16-11-12-23(4)19(13-16)21-15(3)9-10-18-17-7-5-6-8-20(17)24-22(18)21;1-13-8-11-17(21(3)12-13)19-14(2)9-10-16-15-6-4-5-7-18(15)22-20(16)19/h6-14H,1-5H3;6-12H,1-5H3;5-14H,1-4H3;4-12H,1-3H3/q4*+1/i;;1D3,14D;1D3. The zero-order valence-electron chi connectivity index (χ0n) is 64.1. The first kappa shape index (κ1) is 55.1. The Bertz CT molecular complexity index is 5980. The fourth-order valence-corrected chi connectivity index (χ4v) is 13.8. The Morgan fingerprint density at radius 2 is 0.747 bits per heavy atom. The lowest BCUT2D eigenvalue weighted by molar-refractivity contribution is -0.660. The summed E-state index contributed by atoms with van der Waals surface area (Å²) in [5.74, 6) is -1.21. The number of aromatic nitrogens is 4. The van der Waals surface area contributed by atoms with Gasteiger partial charge in [-0.15, -0.1) is 0 Å². The van der Waals surface area contributed by atoms with Crippen molar-refractivity contribution in [2.24, 2.45) is 28.2 Å². The van der Waals surface area contributed by atoms with Gasteiger partial charge in [0.25, 0.3) is 0 Å². The normalized spacial score (nSPS) is 13.6. The summed E-state index contributed by atoms with van der Waals surface area (Å²) in [4.78, 5) is 0. The van der Waals surface area contributed by atoms with Gasteiger partial charge < -0.3 is 17.7 Å². The van der Waals surface area contributed by atoms with Crippen LogP contribution in [0.3, 0.4) is 0 Å². The van der Waals surface area contributed by atoms with E-state index in [-0.39, 0.29) is 0 Å². The van der Waals surface area contributed by atoms with Crippen LogP contribution < -0.4 is 18.3 Å². The molecule has 95 heavy (non-hydrogen) atoms. The number of pyridine rings is 4. The quantitative estimate of drug-likeness (QED) is 0.156. The fourth-order valence-electron chi connectivity index (χ4n) is 13.8. The fraction of sp³-hybridized carbons (Fsp3) is 0.218. The van der Waals surface area contributed by atoms with Gasteiger partial charge in [0.05, 0.1) is 22.3 Å². The average Bonchev–Trinajstić information content (AvgIpc) is 1.54. The molecule has 0 saturated carbocycles. The number of nitrogens with zero attached hydrogens (tertiary/aromatic N) is 4. The van der Waals surface area contributed by atoms with Crippen molar-refractivity contribution in [3.05, 3.63) is 262 Å². The van der Waals surface area contributed by atoms with Crippen molar-refractivity contribution in [2.75, 3.05) is 0 Å². The van der Waals surface area contributed by atoms with E-state index in [2.05, 4.69) is 182 Å². The third-order valence-electron chi connectivity index (χ3n) is 18.9. The van der Waals surface area contributed by atoms with E-state index in [4.69, 9.17) is 27.3 Å². The number of para-hydroxylation sites is 4. The molecule has 0 fully saturated rings. The number of furan rings is 4. The van der Waals surface area contributed by atoms with Gasteiger partial charge in [0, 0.05) is 100 Å². The Labute approximate surface area is 567 Å². The molecule has 474 valence electrons. The highest BCUT2D eigenvalue weighted by molar-refractivity contribution is 6.14. The Balaban J connectivity index is 0.000000122. The van der Waals surface area contributed by atoms with E-state index >= 15 is 0 Å². The van der Waals surface area contributed by atoms with E-state index < -0.39 is 19.6 Å². The van der Waals surface area contributed by atoms with Gasteiger partial charge in [-0.1, -0.05) is 137 Å². The van der Waals surface area contributed by atoms with E-state index in [1.54, 1.807) is 24.4 Å². The molecule has 8 nitrogen and oxygen atoms in total. The molecule has 8 heterocycles. The van der Waals surface area contributed by atoms with Crippen LogP contribution in [-0.2, 0) is 28.2 Å². The number of hydrogen-bond donors (Lipinski definition) is 0. The maximum Gasteiger partial charge on any atom is 0.216 e. The van der Waals surface area contributed by atoms with Gasteiger partial charge in [0.15, 0.2) is 24.8 Å². The minimum absolute atomic E-state index is 0.327. The molecule has 8 aromatic heterocycles. The van der Waals surface area contributed by atoms with Gasteiger partial charge in [-0.25, -0.2) is 18.3 Å². The van der Waals surface area contributed by atoms with Crippen molar-refractivity contribution in [3.8, 4) is 45.0 Å². The third kappa shape index (κ3) is 11.6. The van der Waals surface area contributed by atoms with Crippen molar-refractivity contribution in [2.45, 2.75) is 102 Å². The van der Waals surface area contributed by atoms with Crippen molar-refractivity contribution in [3.63, 3.8) is 0 Å². The van der Waals surface area contributed by atoms with Gasteiger partial charge in [-0.05, 0) is 154 Å². The Hall–Kier alpha value is -10.4. The maximum absolute atomic E-state index is 8.46. The van der Waals surface area contributed by atoms with Crippen molar-refractivity contribution < 1.29 is 45.5 Å². The van der Waals surface area contributed by atoms with Crippen LogP contribution in [0.4, 0.5) is 0 Å². The van der Waals surface area contributed by atoms with E-state index in [1.807, 2.05) is 110 Å². The van der Waals surface area contributed by atoms with Gasteiger partial charge in [-0.3, -0.25) is 0 Å². The molecule has 0 radical (unpaired) electrons. The van der Waals surface area contributed by atoms with Crippen LogP contribution in [-0.4, -0.2) is 0 Å². The molecule has 0 amide bonds. The molecular weight excluding hydrogens is 1160 g/mol. The summed E-state index contributed by atoms with van der Waals surface area (Å²) in [5.41, 5.74) is 27.5. The van der Waals surface area contributed by atoms with E-state index in [0.717, 1.165) is 99.9 Å². The molecule has 0 spiro atoms. The molecule has 8 heteroatoms. The number of fused-ring (bicyclic) bond motifs is 12. The molecule has 16 aromatic rings. The summed E-state index contributed by atoms with van der Waals surface area (Å²) in [6.45, 7) is 18.4. The number of hydrogen-bond acceptors (Lipinski definition) is 4. The van der Waals surface area contributed by atoms with Crippen molar-refractivity contribution in [1.82, 2.24) is 0 Å². The number of rotatable bonds is 6. The molecule has 1 atom stereocenters. The molecule has 0 aliphatic carbocycles. The van der Waals surface area contributed by atoms with Crippen molar-refractivity contribution >= 4 is 87.8 Å². The number of aryl methyl sites for hydroxylation is 13. The molecule has 0 bridgehead atoms. The third-order valence-corrected chi connectivity index (χ3v) is 18.9. The molecule has 16 rings (SSSR count). The Morgan fingerprint density at radius 1 is 0.337 bits per heavy atom. The summed E-state index contributed by atoms with van der Waals surface area (Å²) < 4.78 is 87.7. The minimum Gasteiger partial charge on any atom is -0.455 e. The van der Waals surface area contributed by atoms with Gasteiger partial charge >= 0.3 is 0 Å². The van der Waals surface area contributed by atoms with Crippen LogP contribution in [0.2, 0.25) is 0 Å². The van der Waals surface area contributed by atoms with Gasteiger partial charge in [0.2, 0.25) is 22.8 Å². The lowest BCUT2D eigenvalue weighted by Gasteiger charge is -2.10. The van der Waals surface area contributed by atoms with E-state index in [1.165, 1.54) is 89.9 Å². The molecule has 8 aromatic carbocycles. The number of benzene rings is 8. The molecule has 0 N–H and O–H groups in total. The second-order valence-corrected chi connectivity index (χ2v) is 26.0. The summed E-state index contributed by atoms with van der Waals surface area (Å²) in [6.07, 6.45) is 7.82. The molecular formula is C87H86N4O4+4. The predicted octanol–water partition coefficient (Wildman–Crippen LogP) is 21.3. The summed E-state index contributed by atoms with van der Waals surface area (Å²) in [6, 6.07) is 59.1. The predicted molar refractivity (Wildman–Crippen MR) is 392 cm³/mol.